The highest BCUT2D eigenvalue weighted by atomic mass is 16.1. The summed E-state index contributed by atoms with van der Waals surface area (Å²) in [6, 6.07) is 3.18. The molecule has 6 heteroatoms. The first kappa shape index (κ1) is 11.4. The Morgan fingerprint density at radius 2 is 2.24 bits per heavy atom. The largest absolute Gasteiger partial charge is 0.330 e. The number of hydrogen-bond acceptors (Lipinski definition) is 5. The first-order chi connectivity index (χ1) is 8.22. The maximum absolute atomic E-state index is 11.7. The summed E-state index contributed by atoms with van der Waals surface area (Å²) in [5.74, 6) is 0.661. The maximum atomic E-state index is 11.7. The summed E-state index contributed by atoms with van der Waals surface area (Å²) in [5, 5.41) is 0. The molecule has 0 atom stereocenters. The first-order valence-corrected chi connectivity index (χ1v) is 5.26. The van der Waals surface area contributed by atoms with Crippen LogP contribution in [0, 0.1) is 0 Å². The lowest BCUT2D eigenvalue weighted by atomic mass is 10.2. The zero-order chi connectivity index (χ0) is 12.3. The molecule has 0 aromatic carbocycles. The molecule has 6 nitrogen and oxygen atoms in total. The number of hydrogen-bond donors (Lipinski definition) is 1. The van der Waals surface area contributed by atoms with Gasteiger partial charge in [0, 0.05) is 25.7 Å². The maximum Gasteiger partial charge on any atom is 0.253 e. The van der Waals surface area contributed by atoms with Gasteiger partial charge in [-0.25, -0.2) is 15.0 Å². The van der Waals surface area contributed by atoms with E-state index >= 15 is 0 Å². The molecule has 0 aliphatic heterocycles. The smallest absolute Gasteiger partial charge is 0.253 e. The van der Waals surface area contributed by atoms with Gasteiger partial charge < -0.3 is 5.73 Å². The highest BCUT2D eigenvalue weighted by Gasteiger charge is 2.07. The quantitative estimate of drug-likeness (QED) is 0.786. The van der Waals surface area contributed by atoms with Gasteiger partial charge in [-0.1, -0.05) is 0 Å². The van der Waals surface area contributed by atoms with Crippen molar-refractivity contribution in [3.05, 3.63) is 40.8 Å². The summed E-state index contributed by atoms with van der Waals surface area (Å²) in [6.45, 7) is 0.452. The van der Waals surface area contributed by atoms with Crippen molar-refractivity contribution in [3.8, 4) is 11.4 Å². The van der Waals surface area contributed by atoms with Crippen molar-refractivity contribution < 1.29 is 0 Å². The lowest BCUT2D eigenvalue weighted by molar-refractivity contribution is 0.719. The minimum atomic E-state index is -0.114. The van der Waals surface area contributed by atoms with E-state index < -0.39 is 0 Å². The molecule has 2 N–H and O–H groups in total. The monoisotopic (exact) mass is 231 g/mol. The van der Waals surface area contributed by atoms with Crippen molar-refractivity contribution >= 4 is 0 Å². The van der Waals surface area contributed by atoms with Crippen LogP contribution in [0.15, 0.2) is 29.5 Å². The van der Waals surface area contributed by atoms with E-state index in [-0.39, 0.29) is 5.56 Å². The van der Waals surface area contributed by atoms with E-state index in [2.05, 4.69) is 15.0 Å². The molecule has 0 radical (unpaired) electrons. The summed E-state index contributed by atoms with van der Waals surface area (Å²) in [4.78, 5) is 24.0. The van der Waals surface area contributed by atoms with Gasteiger partial charge in [-0.2, -0.15) is 0 Å². The minimum Gasteiger partial charge on any atom is -0.330 e. The van der Waals surface area contributed by atoms with Crippen LogP contribution in [0.5, 0.6) is 0 Å². The molecule has 2 rings (SSSR count). The van der Waals surface area contributed by atoms with Crippen molar-refractivity contribution in [3.63, 3.8) is 0 Å². The number of nitrogens with two attached hydrogens (primary N) is 1. The average Bonchev–Trinajstić information content (AvgIpc) is 2.36. The van der Waals surface area contributed by atoms with Gasteiger partial charge in [0.15, 0.2) is 0 Å². The Hall–Kier alpha value is -2.08. The van der Waals surface area contributed by atoms with Gasteiger partial charge >= 0.3 is 0 Å². The number of nitrogens with zero attached hydrogens (tertiary/aromatic N) is 4. The van der Waals surface area contributed by atoms with Gasteiger partial charge in [0.2, 0.25) is 0 Å². The van der Waals surface area contributed by atoms with Crippen molar-refractivity contribution in [1.82, 2.24) is 19.5 Å². The zero-order valence-electron chi connectivity index (χ0n) is 9.50. The van der Waals surface area contributed by atoms with Crippen LogP contribution in [0.2, 0.25) is 0 Å². The summed E-state index contributed by atoms with van der Waals surface area (Å²) in [7, 11) is 1.68. The van der Waals surface area contributed by atoms with E-state index in [0.29, 0.717) is 30.2 Å². The van der Waals surface area contributed by atoms with E-state index in [0.717, 1.165) is 0 Å². The summed E-state index contributed by atoms with van der Waals surface area (Å²) in [5.41, 5.74) is 6.56. The molecular formula is C11H13N5O. The molecule has 0 unspecified atom stereocenters. The van der Waals surface area contributed by atoms with Gasteiger partial charge in [0.1, 0.15) is 12.2 Å². The van der Waals surface area contributed by atoms with E-state index in [1.165, 1.54) is 17.0 Å². The predicted octanol–water partition coefficient (Wildman–Crippen LogP) is -0.262. The molecular weight excluding hydrogens is 218 g/mol. The van der Waals surface area contributed by atoms with Gasteiger partial charge in [0.05, 0.1) is 11.4 Å². The van der Waals surface area contributed by atoms with E-state index in [4.69, 9.17) is 5.73 Å². The van der Waals surface area contributed by atoms with Crippen LogP contribution in [-0.4, -0.2) is 26.1 Å². The molecule has 17 heavy (non-hydrogen) atoms. The summed E-state index contributed by atoms with van der Waals surface area (Å²) in [6.07, 6.45) is 3.60. The van der Waals surface area contributed by atoms with E-state index in [1.54, 1.807) is 19.3 Å². The van der Waals surface area contributed by atoms with Crippen molar-refractivity contribution in [2.75, 3.05) is 6.54 Å². The van der Waals surface area contributed by atoms with E-state index in [1.807, 2.05) is 0 Å². The second kappa shape index (κ2) is 4.84. The van der Waals surface area contributed by atoms with Crippen molar-refractivity contribution in [2.24, 2.45) is 12.8 Å². The normalized spacial score (nSPS) is 10.5. The lowest BCUT2D eigenvalue weighted by Crippen LogP contribution is -2.23. The standard InChI is InChI=1S/C11H13N5O/c1-16-10(2-4-12)15-9(6-11(16)17)8-3-5-13-7-14-8/h3,5-7H,2,4,12H2,1H3. The minimum absolute atomic E-state index is 0.114. The SMILES string of the molecule is Cn1c(CCN)nc(-c2ccncn2)cc1=O. The highest BCUT2D eigenvalue weighted by molar-refractivity contribution is 5.52. The van der Waals surface area contributed by atoms with Crippen LogP contribution in [0.1, 0.15) is 5.82 Å². The second-order valence-corrected chi connectivity index (χ2v) is 3.59. The third kappa shape index (κ3) is 2.36. The van der Waals surface area contributed by atoms with Crippen LogP contribution in [0.25, 0.3) is 11.4 Å². The predicted molar refractivity (Wildman–Crippen MR) is 63.3 cm³/mol. The Bertz CT molecular complexity index is 564. The topological polar surface area (TPSA) is 86.7 Å². The van der Waals surface area contributed by atoms with Gasteiger partial charge in [-0.3, -0.25) is 9.36 Å². The molecule has 0 spiro atoms. The third-order valence-electron chi connectivity index (χ3n) is 2.44. The molecule has 0 bridgehead atoms. The van der Waals surface area contributed by atoms with Gasteiger partial charge in [-0.05, 0) is 12.6 Å². The van der Waals surface area contributed by atoms with Crippen LogP contribution in [0.4, 0.5) is 0 Å². The third-order valence-corrected chi connectivity index (χ3v) is 2.44. The van der Waals surface area contributed by atoms with Crippen molar-refractivity contribution in [1.29, 1.82) is 0 Å². The molecule has 0 aliphatic rings. The average molecular weight is 231 g/mol. The second-order valence-electron chi connectivity index (χ2n) is 3.59. The van der Waals surface area contributed by atoms with Crippen LogP contribution < -0.4 is 11.3 Å². The molecule has 2 heterocycles. The fraction of sp³-hybridized carbons (Fsp3) is 0.273. The van der Waals surface area contributed by atoms with Gasteiger partial charge in [-0.15, -0.1) is 0 Å². The molecule has 0 saturated carbocycles. The van der Waals surface area contributed by atoms with Crippen LogP contribution in [-0.2, 0) is 13.5 Å². The number of rotatable bonds is 3. The Morgan fingerprint density at radius 3 is 2.88 bits per heavy atom. The lowest BCUT2D eigenvalue weighted by Gasteiger charge is -2.07. The molecule has 0 saturated heterocycles. The molecule has 2 aromatic heterocycles. The van der Waals surface area contributed by atoms with Crippen molar-refractivity contribution in [2.45, 2.75) is 6.42 Å². The fourth-order valence-electron chi connectivity index (χ4n) is 1.51. The summed E-state index contributed by atoms with van der Waals surface area (Å²) < 4.78 is 1.50. The zero-order valence-corrected chi connectivity index (χ0v) is 9.50. The van der Waals surface area contributed by atoms with E-state index in [9.17, 15) is 4.79 Å². The summed E-state index contributed by atoms with van der Waals surface area (Å²) >= 11 is 0. The molecule has 0 amide bonds. The molecule has 0 aliphatic carbocycles. The van der Waals surface area contributed by atoms with Gasteiger partial charge in [0.25, 0.3) is 5.56 Å². The van der Waals surface area contributed by atoms with Crippen LogP contribution >= 0.6 is 0 Å². The molecule has 0 fully saturated rings. The number of aromatic nitrogens is 4. The molecule has 88 valence electrons. The fourth-order valence-corrected chi connectivity index (χ4v) is 1.51. The Labute approximate surface area is 98.2 Å². The Kier molecular flexibility index (Phi) is 3.24. The Morgan fingerprint density at radius 1 is 1.41 bits per heavy atom. The Balaban J connectivity index is 2.53. The first-order valence-electron chi connectivity index (χ1n) is 5.26. The molecule has 2 aromatic rings. The highest BCUT2D eigenvalue weighted by Crippen LogP contribution is 2.10. The van der Waals surface area contributed by atoms with Crippen LogP contribution in [0.3, 0.4) is 0 Å².